The molecule has 0 heterocycles. The third-order valence-corrected chi connectivity index (χ3v) is 1.06. The van der Waals surface area contributed by atoms with E-state index in [9.17, 15) is 9.59 Å². The zero-order valence-corrected chi connectivity index (χ0v) is 8.94. The molecule has 0 aliphatic carbocycles. The first-order valence-electron chi connectivity index (χ1n) is 4.51. The molecule has 0 atom stereocenters. The highest BCUT2D eigenvalue weighted by molar-refractivity contribution is 5.91. The third kappa shape index (κ3) is 7.34. The van der Waals surface area contributed by atoms with Gasteiger partial charge in [0.25, 0.3) is 0 Å². The summed E-state index contributed by atoms with van der Waals surface area (Å²) in [5, 5.41) is 0. The van der Waals surface area contributed by atoms with Crippen molar-refractivity contribution in [1.82, 2.24) is 0 Å². The fourth-order valence-corrected chi connectivity index (χ4v) is 0.679. The van der Waals surface area contributed by atoms with Gasteiger partial charge >= 0.3 is 11.9 Å². The minimum Gasteiger partial charge on any atom is -0.460 e. The molecule has 4 nitrogen and oxygen atoms in total. The van der Waals surface area contributed by atoms with Gasteiger partial charge in [-0.3, -0.25) is 0 Å². The van der Waals surface area contributed by atoms with Crippen LogP contribution in [-0.2, 0) is 19.1 Å². The predicted octanol–water partition coefficient (Wildman–Crippen LogP) is 1.45. The molecule has 0 saturated carbocycles. The second kappa shape index (κ2) is 6.18. The van der Waals surface area contributed by atoms with Gasteiger partial charge in [-0.2, -0.15) is 0 Å². The normalized spacial score (nSPS) is 11.0. The Morgan fingerprint density at radius 3 is 1.36 bits per heavy atom. The standard InChI is InChI=1S/C10H16O4/c1-7(2)13-9(11)5-6-10(12)14-8(3)4/h5-8H,1-4H3. The van der Waals surface area contributed by atoms with Crippen LogP contribution in [0.3, 0.4) is 0 Å². The number of esters is 2. The summed E-state index contributed by atoms with van der Waals surface area (Å²) in [6.45, 7) is 6.94. The van der Waals surface area contributed by atoms with Crippen molar-refractivity contribution in [3.8, 4) is 0 Å². The Kier molecular flexibility index (Phi) is 5.60. The predicted molar refractivity (Wildman–Crippen MR) is 51.6 cm³/mol. The van der Waals surface area contributed by atoms with Gasteiger partial charge in [0.15, 0.2) is 0 Å². The summed E-state index contributed by atoms with van der Waals surface area (Å²) in [4.78, 5) is 21.9. The van der Waals surface area contributed by atoms with Gasteiger partial charge in [-0.25, -0.2) is 9.59 Å². The maximum absolute atomic E-state index is 10.9. The molecule has 0 bridgehead atoms. The van der Waals surface area contributed by atoms with Crippen molar-refractivity contribution in [3.05, 3.63) is 12.2 Å². The average Bonchev–Trinajstić information content (AvgIpc) is 1.98. The van der Waals surface area contributed by atoms with E-state index in [0.717, 1.165) is 12.2 Å². The lowest BCUT2D eigenvalue weighted by molar-refractivity contribution is -0.144. The maximum atomic E-state index is 10.9. The van der Waals surface area contributed by atoms with Gasteiger partial charge in [-0.1, -0.05) is 0 Å². The Labute approximate surface area is 83.9 Å². The van der Waals surface area contributed by atoms with Crippen LogP contribution in [0.25, 0.3) is 0 Å². The van der Waals surface area contributed by atoms with Crippen LogP contribution in [0.2, 0.25) is 0 Å². The van der Waals surface area contributed by atoms with Crippen molar-refractivity contribution in [2.24, 2.45) is 0 Å². The first-order valence-corrected chi connectivity index (χ1v) is 4.51. The molecule has 80 valence electrons. The van der Waals surface area contributed by atoms with Crippen molar-refractivity contribution in [3.63, 3.8) is 0 Å². The first-order chi connectivity index (χ1) is 6.41. The van der Waals surface area contributed by atoms with E-state index in [2.05, 4.69) is 0 Å². The van der Waals surface area contributed by atoms with Crippen molar-refractivity contribution >= 4 is 11.9 Å². The molecule has 0 saturated heterocycles. The molecule has 14 heavy (non-hydrogen) atoms. The van der Waals surface area contributed by atoms with Crippen LogP contribution in [0.1, 0.15) is 27.7 Å². The van der Waals surface area contributed by atoms with Crippen LogP contribution >= 0.6 is 0 Å². The van der Waals surface area contributed by atoms with Crippen molar-refractivity contribution < 1.29 is 19.1 Å². The molecule has 0 spiro atoms. The molecule has 0 rings (SSSR count). The second-order valence-corrected chi connectivity index (χ2v) is 3.30. The van der Waals surface area contributed by atoms with Crippen LogP contribution < -0.4 is 0 Å². The summed E-state index contributed by atoms with van der Waals surface area (Å²) in [5.74, 6) is -1.08. The highest BCUT2D eigenvalue weighted by Gasteiger charge is 2.03. The molecule has 0 aromatic carbocycles. The highest BCUT2D eigenvalue weighted by Crippen LogP contribution is 1.93. The molecule has 0 N–H and O–H groups in total. The summed E-state index contributed by atoms with van der Waals surface area (Å²) < 4.78 is 9.54. The minimum atomic E-state index is -0.541. The zero-order chi connectivity index (χ0) is 11.1. The van der Waals surface area contributed by atoms with Crippen LogP contribution in [0.4, 0.5) is 0 Å². The van der Waals surface area contributed by atoms with E-state index in [0.29, 0.717) is 0 Å². The lowest BCUT2D eigenvalue weighted by Gasteiger charge is -2.05. The van der Waals surface area contributed by atoms with Gasteiger partial charge in [-0.05, 0) is 27.7 Å². The topological polar surface area (TPSA) is 52.6 Å². The molecule has 4 heteroatoms. The number of rotatable bonds is 4. The smallest absolute Gasteiger partial charge is 0.331 e. The second-order valence-electron chi connectivity index (χ2n) is 3.30. The molecular formula is C10H16O4. The van der Waals surface area contributed by atoms with Gasteiger partial charge in [-0.15, -0.1) is 0 Å². The molecule has 0 unspecified atom stereocenters. The van der Waals surface area contributed by atoms with Crippen molar-refractivity contribution in [2.75, 3.05) is 0 Å². The minimum absolute atomic E-state index is 0.187. The van der Waals surface area contributed by atoms with Crippen LogP contribution in [-0.4, -0.2) is 24.1 Å². The average molecular weight is 200 g/mol. The number of ether oxygens (including phenoxy) is 2. The van der Waals surface area contributed by atoms with Crippen molar-refractivity contribution in [2.45, 2.75) is 39.9 Å². The Morgan fingerprint density at radius 2 is 1.14 bits per heavy atom. The fraction of sp³-hybridized carbons (Fsp3) is 0.600. The number of carbonyl (C=O) groups excluding carboxylic acids is 2. The Balaban J connectivity index is 3.92. The van der Waals surface area contributed by atoms with E-state index in [1.807, 2.05) is 0 Å². The van der Waals surface area contributed by atoms with Crippen LogP contribution in [0.15, 0.2) is 12.2 Å². The Morgan fingerprint density at radius 1 is 0.857 bits per heavy atom. The Hall–Kier alpha value is -1.32. The monoisotopic (exact) mass is 200 g/mol. The summed E-state index contributed by atoms with van der Waals surface area (Å²) in [6, 6.07) is 0. The lowest BCUT2D eigenvalue weighted by atomic mass is 10.4. The van der Waals surface area contributed by atoms with Crippen LogP contribution in [0.5, 0.6) is 0 Å². The molecule has 0 aliphatic heterocycles. The van der Waals surface area contributed by atoms with E-state index >= 15 is 0 Å². The zero-order valence-electron chi connectivity index (χ0n) is 8.94. The first kappa shape index (κ1) is 12.7. The van der Waals surface area contributed by atoms with E-state index < -0.39 is 11.9 Å². The van der Waals surface area contributed by atoms with E-state index in [4.69, 9.17) is 9.47 Å². The summed E-state index contributed by atoms with van der Waals surface area (Å²) in [7, 11) is 0. The van der Waals surface area contributed by atoms with Crippen molar-refractivity contribution in [1.29, 1.82) is 0 Å². The SMILES string of the molecule is CC(C)OC(=O)C=CC(=O)OC(C)C. The van der Waals surface area contributed by atoms with Gasteiger partial charge in [0.1, 0.15) is 0 Å². The van der Waals surface area contributed by atoms with Gasteiger partial charge in [0, 0.05) is 12.2 Å². The molecule has 0 amide bonds. The Bertz CT molecular complexity index is 204. The van der Waals surface area contributed by atoms with E-state index in [1.54, 1.807) is 27.7 Å². The molecule has 0 aromatic rings. The molecular weight excluding hydrogens is 184 g/mol. The molecule has 0 fully saturated rings. The largest absolute Gasteiger partial charge is 0.460 e. The summed E-state index contributed by atoms with van der Waals surface area (Å²) >= 11 is 0. The molecule has 0 aromatic heterocycles. The maximum Gasteiger partial charge on any atom is 0.331 e. The number of hydrogen-bond acceptors (Lipinski definition) is 4. The number of carbonyl (C=O) groups is 2. The van der Waals surface area contributed by atoms with Gasteiger partial charge in [0.2, 0.25) is 0 Å². The number of hydrogen-bond donors (Lipinski definition) is 0. The summed E-state index contributed by atoms with van der Waals surface area (Å²) in [6.07, 6.45) is 1.75. The third-order valence-electron chi connectivity index (χ3n) is 1.06. The van der Waals surface area contributed by atoms with Gasteiger partial charge < -0.3 is 9.47 Å². The van der Waals surface area contributed by atoms with Crippen LogP contribution in [0, 0.1) is 0 Å². The fourth-order valence-electron chi connectivity index (χ4n) is 0.679. The van der Waals surface area contributed by atoms with Gasteiger partial charge in [0.05, 0.1) is 12.2 Å². The lowest BCUT2D eigenvalue weighted by Crippen LogP contribution is -2.11. The van der Waals surface area contributed by atoms with E-state index in [1.165, 1.54) is 0 Å². The molecule has 0 radical (unpaired) electrons. The molecule has 0 aliphatic rings. The van der Waals surface area contributed by atoms with E-state index in [-0.39, 0.29) is 12.2 Å². The summed E-state index contributed by atoms with van der Waals surface area (Å²) in [5.41, 5.74) is 0. The quantitative estimate of drug-likeness (QED) is 0.509. The highest BCUT2D eigenvalue weighted by atomic mass is 16.5.